The molecule has 0 spiro atoms. The number of nitrogens with one attached hydrogen (secondary N) is 1. The van der Waals surface area contributed by atoms with Crippen molar-refractivity contribution in [3.63, 3.8) is 0 Å². The Hall–Kier alpha value is -2.54. The van der Waals surface area contributed by atoms with Gasteiger partial charge in [0.2, 0.25) is 10.0 Å². The van der Waals surface area contributed by atoms with Crippen LogP contribution in [0, 0.1) is 13.8 Å². The van der Waals surface area contributed by atoms with E-state index in [1.54, 1.807) is 24.3 Å². The lowest BCUT2D eigenvalue weighted by Gasteiger charge is -2.19. The molecule has 140 valence electrons. The predicted octanol–water partition coefficient (Wildman–Crippen LogP) is 2.51. The number of carbonyl (C=O) groups is 1. The molecule has 26 heavy (non-hydrogen) atoms. The van der Waals surface area contributed by atoms with Crippen LogP contribution in [-0.2, 0) is 10.0 Å². The molecule has 1 amide bonds. The summed E-state index contributed by atoms with van der Waals surface area (Å²) in [5, 5.41) is 2.76. The molecule has 0 fully saturated rings. The first-order valence-corrected chi connectivity index (χ1v) is 10.1. The fraction of sp³-hybridized carbons (Fsp3) is 0.316. The van der Waals surface area contributed by atoms with E-state index in [0.717, 1.165) is 27.4 Å². The summed E-state index contributed by atoms with van der Waals surface area (Å²) in [6, 6.07) is 12.4. The van der Waals surface area contributed by atoms with E-state index >= 15 is 0 Å². The van der Waals surface area contributed by atoms with Gasteiger partial charge in [0.15, 0.2) is 0 Å². The van der Waals surface area contributed by atoms with Gasteiger partial charge in [-0.25, -0.2) is 8.42 Å². The summed E-state index contributed by atoms with van der Waals surface area (Å²) >= 11 is 0. The normalized spacial score (nSPS) is 11.1. The van der Waals surface area contributed by atoms with Crippen molar-refractivity contribution in [2.24, 2.45) is 0 Å². The SMILES string of the molecule is Cc1cccc(OCCNC(=O)c2ccccc2N(C)S(C)(=O)=O)c1C. The van der Waals surface area contributed by atoms with Gasteiger partial charge in [-0.3, -0.25) is 9.10 Å². The van der Waals surface area contributed by atoms with Crippen LogP contribution in [0.25, 0.3) is 0 Å². The van der Waals surface area contributed by atoms with Crippen molar-refractivity contribution in [1.29, 1.82) is 0 Å². The topological polar surface area (TPSA) is 75.7 Å². The number of benzene rings is 2. The van der Waals surface area contributed by atoms with Crippen molar-refractivity contribution in [3.05, 3.63) is 59.2 Å². The molecule has 6 nitrogen and oxygen atoms in total. The first-order chi connectivity index (χ1) is 12.2. The zero-order valence-corrected chi connectivity index (χ0v) is 16.3. The molecular weight excluding hydrogens is 352 g/mol. The smallest absolute Gasteiger partial charge is 0.253 e. The van der Waals surface area contributed by atoms with Crippen LogP contribution < -0.4 is 14.4 Å². The van der Waals surface area contributed by atoms with Crippen LogP contribution in [-0.4, -0.2) is 40.8 Å². The molecule has 7 heteroatoms. The number of carbonyl (C=O) groups excluding carboxylic acids is 1. The zero-order chi connectivity index (χ0) is 19.3. The van der Waals surface area contributed by atoms with Gasteiger partial charge in [-0.15, -0.1) is 0 Å². The van der Waals surface area contributed by atoms with Crippen LogP contribution in [0.1, 0.15) is 21.5 Å². The molecule has 2 rings (SSSR count). The van der Waals surface area contributed by atoms with Gasteiger partial charge in [-0.2, -0.15) is 0 Å². The molecule has 0 aromatic heterocycles. The van der Waals surface area contributed by atoms with E-state index in [-0.39, 0.29) is 5.91 Å². The monoisotopic (exact) mass is 376 g/mol. The third-order valence-electron chi connectivity index (χ3n) is 4.19. The van der Waals surface area contributed by atoms with Crippen molar-refractivity contribution in [1.82, 2.24) is 5.32 Å². The Bertz CT molecular complexity index is 894. The molecule has 0 unspecified atom stereocenters. The zero-order valence-electron chi connectivity index (χ0n) is 15.4. The van der Waals surface area contributed by atoms with Gasteiger partial charge in [0.05, 0.1) is 24.1 Å². The van der Waals surface area contributed by atoms with Crippen molar-refractivity contribution < 1.29 is 17.9 Å². The van der Waals surface area contributed by atoms with Crippen molar-refractivity contribution in [3.8, 4) is 5.75 Å². The van der Waals surface area contributed by atoms with Crippen LogP contribution in [0.3, 0.4) is 0 Å². The largest absolute Gasteiger partial charge is 0.491 e. The van der Waals surface area contributed by atoms with Crippen molar-refractivity contribution in [2.75, 3.05) is 30.8 Å². The number of aryl methyl sites for hydroxylation is 1. The second-order valence-corrected chi connectivity index (χ2v) is 8.06. The van der Waals surface area contributed by atoms with E-state index in [4.69, 9.17) is 4.74 Å². The minimum atomic E-state index is -3.45. The first kappa shape index (κ1) is 19.8. The maximum atomic E-state index is 12.4. The highest BCUT2D eigenvalue weighted by Gasteiger charge is 2.19. The summed E-state index contributed by atoms with van der Waals surface area (Å²) in [6.45, 7) is 4.63. The molecule has 0 saturated heterocycles. The van der Waals surface area contributed by atoms with Gasteiger partial charge >= 0.3 is 0 Å². The molecule has 0 aliphatic carbocycles. The second kappa shape index (κ2) is 8.23. The number of rotatable bonds is 7. The van der Waals surface area contributed by atoms with Gasteiger partial charge in [-0.1, -0.05) is 24.3 Å². The standard InChI is InChI=1S/C19H24N2O4S/c1-14-8-7-11-18(15(14)2)25-13-12-20-19(22)16-9-5-6-10-17(16)21(3)26(4,23)24/h5-11H,12-13H2,1-4H3,(H,20,22). The lowest BCUT2D eigenvalue weighted by molar-refractivity contribution is 0.0947. The summed E-state index contributed by atoms with van der Waals surface area (Å²) in [5.41, 5.74) is 2.85. The van der Waals surface area contributed by atoms with E-state index in [1.807, 2.05) is 32.0 Å². The first-order valence-electron chi connectivity index (χ1n) is 8.22. The van der Waals surface area contributed by atoms with Crippen LogP contribution >= 0.6 is 0 Å². The van der Waals surface area contributed by atoms with Crippen molar-refractivity contribution >= 4 is 21.6 Å². The number of nitrogens with zero attached hydrogens (tertiary/aromatic N) is 1. The van der Waals surface area contributed by atoms with Gasteiger partial charge in [0.1, 0.15) is 12.4 Å². The Morgan fingerprint density at radius 3 is 2.50 bits per heavy atom. The summed E-state index contributed by atoms with van der Waals surface area (Å²) in [6.07, 6.45) is 1.10. The molecule has 0 heterocycles. The molecule has 0 aliphatic heterocycles. The maximum Gasteiger partial charge on any atom is 0.253 e. The molecule has 1 N–H and O–H groups in total. The summed E-state index contributed by atoms with van der Waals surface area (Å²) < 4.78 is 30.3. The van der Waals surface area contributed by atoms with Crippen molar-refractivity contribution in [2.45, 2.75) is 13.8 Å². The number of para-hydroxylation sites is 1. The number of ether oxygens (including phenoxy) is 1. The van der Waals surface area contributed by atoms with E-state index in [1.165, 1.54) is 7.05 Å². The molecule has 0 aliphatic rings. The van der Waals surface area contributed by atoms with E-state index in [0.29, 0.717) is 24.4 Å². The third-order valence-corrected chi connectivity index (χ3v) is 5.38. The highest BCUT2D eigenvalue weighted by atomic mass is 32.2. The lowest BCUT2D eigenvalue weighted by Crippen LogP contribution is -2.31. The molecule has 0 saturated carbocycles. The Morgan fingerprint density at radius 2 is 1.81 bits per heavy atom. The fourth-order valence-corrected chi connectivity index (χ4v) is 2.94. The number of hydrogen-bond acceptors (Lipinski definition) is 4. The molecule has 0 bridgehead atoms. The highest BCUT2D eigenvalue weighted by molar-refractivity contribution is 7.92. The fourth-order valence-electron chi connectivity index (χ4n) is 2.42. The number of anilines is 1. The third kappa shape index (κ3) is 4.76. The highest BCUT2D eigenvalue weighted by Crippen LogP contribution is 2.22. The number of sulfonamides is 1. The predicted molar refractivity (Wildman–Crippen MR) is 103 cm³/mol. The molecule has 0 radical (unpaired) electrons. The maximum absolute atomic E-state index is 12.4. The quantitative estimate of drug-likeness (QED) is 0.754. The van der Waals surface area contributed by atoms with Gasteiger partial charge < -0.3 is 10.1 Å². The van der Waals surface area contributed by atoms with Crippen LogP contribution in [0.2, 0.25) is 0 Å². The summed E-state index contributed by atoms with van der Waals surface area (Å²) in [7, 11) is -2.03. The molecule has 2 aromatic carbocycles. The Morgan fingerprint density at radius 1 is 1.12 bits per heavy atom. The average Bonchev–Trinajstić information content (AvgIpc) is 2.60. The minimum Gasteiger partial charge on any atom is -0.491 e. The second-order valence-electron chi connectivity index (χ2n) is 6.05. The lowest BCUT2D eigenvalue weighted by atomic mass is 10.1. The average molecular weight is 376 g/mol. The van der Waals surface area contributed by atoms with Gasteiger partial charge in [-0.05, 0) is 43.2 Å². The van der Waals surface area contributed by atoms with E-state index in [9.17, 15) is 13.2 Å². The van der Waals surface area contributed by atoms with Crippen LogP contribution in [0.5, 0.6) is 5.75 Å². The van der Waals surface area contributed by atoms with E-state index < -0.39 is 10.0 Å². The summed E-state index contributed by atoms with van der Waals surface area (Å²) in [5.74, 6) is 0.442. The van der Waals surface area contributed by atoms with Crippen LogP contribution in [0.4, 0.5) is 5.69 Å². The van der Waals surface area contributed by atoms with E-state index in [2.05, 4.69) is 5.32 Å². The Kier molecular flexibility index (Phi) is 6.26. The molecule has 2 aromatic rings. The number of amides is 1. The Balaban J connectivity index is 2.00. The minimum absolute atomic E-state index is 0.298. The van der Waals surface area contributed by atoms with Gasteiger partial charge in [0, 0.05) is 7.05 Å². The summed E-state index contributed by atoms with van der Waals surface area (Å²) in [4.78, 5) is 12.4. The Labute approximate surface area is 154 Å². The molecular formula is C19H24N2O4S. The van der Waals surface area contributed by atoms with Gasteiger partial charge in [0.25, 0.3) is 5.91 Å². The molecule has 0 atom stereocenters. The van der Waals surface area contributed by atoms with Crippen LogP contribution in [0.15, 0.2) is 42.5 Å². The number of hydrogen-bond donors (Lipinski definition) is 1.